The molecule has 0 saturated carbocycles. The molecule has 2 aromatic carbocycles. The van der Waals surface area contributed by atoms with Crippen molar-refractivity contribution in [2.75, 3.05) is 11.9 Å². The number of nitrogens with zero attached hydrogens (tertiary/aromatic N) is 5. The van der Waals surface area contributed by atoms with E-state index in [1.807, 2.05) is 25.1 Å². The Hall–Kier alpha value is -4.12. The molecule has 1 amide bonds. The predicted molar refractivity (Wildman–Crippen MR) is 127 cm³/mol. The van der Waals surface area contributed by atoms with Crippen molar-refractivity contribution in [2.24, 2.45) is 0 Å². The van der Waals surface area contributed by atoms with E-state index in [1.54, 1.807) is 12.1 Å². The van der Waals surface area contributed by atoms with Gasteiger partial charge in [0.2, 0.25) is 5.91 Å². The molecular weight excluding hydrogens is 459 g/mol. The molecule has 5 aromatic rings. The fourth-order valence-electron chi connectivity index (χ4n) is 3.50. The predicted octanol–water partition coefficient (Wildman–Crippen LogP) is 3.76. The minimum Gasteiger partial charge on any atom is -0.494 e. The number of aryl methyl sites for hydroxylation is 1. The molecule has 172 valence electrons. The minimum absolute atomic E-state index is 0.0688. The molecule has 0 radical (unpaired) electrons. The van der Waals surface area contributed by atoms with Crippen LogP contribution in [0.3, 0.4) is 0 Å². The van der Waals surface area contributed by atoms with Gasteiger partial charge in [-0.05, 0) is 49.4 Å². The van der Waals surface area contributed by atoms with Crippen molar-refractivity contribution >= 4 is 43.6 Å². The lowest BCUT2D eigenvalue weighted by molar-refractivity contribution is -0.116. The first kappa shape index (κ1) is 21.7. The molecule has 0 aliphatic rings. The lowest BCUT2D eigenvalue weighted by Crippen LogP contribution is -2.23. The maximum atomic E-state index is 13.2. The Morgan fingerprint density at radius 1 is 1.21 bits per heavy atom. The number of rotatable bonds is 7. The van der Waals surface area contributed by atoms with Crippen molar-refractivity contribution in [3.05, 3.63) is 71.2 Å². The average molecular weight is 479 g/mol. The summed E-state index contributed by atoms with van der Waals surface area (Å²) >= 11 is 1.36. The second-order valence-corrected chi connectivity index (χ2v) is 8.42. The van der Waals surface area contributed by atoms with E-state index in [1.165, 1.54) is 45.2 Å². The van der Waals surface area contributed by atoms with E-state index in [0.29, 0.717) is 28.5 Å². The van der Waals surface area contributed by atoms with Crippen LogP contribution in [0.4, 0.5) is 9.52 Å². The third-order valence-electron chi connectivity index (χ3n) is 5.12. The molecule has 0 aliphatic heterocycles. The van der Waals surface area contributed by atoms with E-state index in [-0.39, 0.29) is 30.2 Å². The molecule has 3 aromatic heterocycles. The molecule has 0 fully saturated rings. The van der Waals surface area contributed by atoms with Crippen molar-refractivity contribution < 1.29 is 13.9 Å². The number of carbonyl (C=O) groups excluding carboxylic acids is 1. The maximum Gasteiger partial charge on any atom is 0.264 e. The lowest BCUT2D eigenvalue weighted by atomic mass is 10.3. The number of thiazole rings is 1. The summed E-state index contributed by atoms with van der Waals surface area (Å²) in [5, 5.41) is 7.79. The minimum atomic E-state index is -0.366. The van der Waals surface area contributed by atoms with Gasteiger partial charge in [-0.3, -0.25) is 14.2 Å². The fraction of sp³-hybridized carbons (Fsp3) is 0.174. The molecule has 0 atom stereocenters. The van der Waals surface area contributed by atoms with Gasteiger partial charge < -0.3 is 10.1 Å². The first-order valence-electron chi connectivity index (χ1n) is 10.5. The normalized spacial score (nSPS) is 11.2. The smallest absolute Gasteiger partial charge is 0.264 e. The highest BCUT2D eigenvalue weighted by Crippen LogP contribution is 2.29. The fourth-order valence-corrected chi connectivity index (χ4v) is 4.41. The van der Waals surface area contributed by atoms with Crippen LogP contribution in [0.1, 0.15) is 13.3 Å². The first-order valence-corrected chi connectivity index (χ1v) is 11.4. The molecule has 3 heterocycles. The molecule has 0 bridgehead atoms. The highest BCUT2D eigenvalue weighted by Gasteiger charge is 2.13. The molecule has 0 aliphatic carbocycles. The van der Waals surface area contributed by atoms with Crippen LogP contribution in [-0.4, -0.2) is 36.8 Å². The van der Waals surface area contributed by atoms with Crippen LogP contribution < -0.4 is 15.6 Å². The van der Waals surface area contributed by atoms with E-state index in [9.17, 15) is 14.0 Å². The average Bonchev–Trinajstić information content (AvgIpc) is 3.43. The van der Waals surface area contributed by atoms with Crippen LogP contribution in [0.5, 0.6) is 5.75 Å². The molecule has 0 unspecified atom stereocenters. The van der Waals surface area contributed by atoms with Gasteiger partial charge in [-0.1, -0.05) is 11.3 Å². The number of fused-ring (bicyclic) bond motifs is 2. The zero-order valence-corrected chi connectivity index (χ0v) is 18.9. The summed E-state index contributed by atoms with van der Waals surface area (Å²) in [6.07, 6.45) is 2.87. The van der Waals surface area contributed by atoms with E-state index in [2.05, 4.69) is 20.4 Å². The van der Waals surface area contributed by atoms with Gasteiger partial charge in [0.05, 0.1) is 35.0 Å². The molecule has 1 N–H and O–H groups in total. The largest absolute Gasteiger partial charge is 0.494 e. The molecule has 0 spiro atoms. The third kappa shape index (κ3) is 4.25. The van der Waals surface area contributed by atoms with E-state index in [0.717, 1.165) is 16.0 Å². The van der Waals surface area contributed by atoms with Gasteiger partial charge >= 0.3 is 0 Å². The molecule has 11 heteroatoms. The molecule has 0 saturated heterocycles. The monoisotopic (exact) mass is 478 g/mol. The number of anilines is 1. The quantitative estimate of drug-likeness (QED) is 0.382. The van der Waals surface area contributed by atoms with Gasteiger partial charge in [-0.25, -0.2) is 19.0 Å². The second-order valence-electron chi connectivity index (χ2n) is 7.39. The van der Waals surface area contributed by atoms with Crippen LogP contribution in [0.15, 0.2) is 59.8 Å². The van der Waals surface area contributed by atoms with Crippen LogP contribution in [-0.2, 0) is 11.3 Å². The number of benzene rings is 2. The number of ether oxygens (including phenoxy) is 1. The Morgan fingerprint density at radius 2 is 2.03 bits per heavy atom. The summed E-state index contributed by atoms with van der Waals surface area (Å²) in [5.74, 6) is 0.120. The Bertz CT molecular complexity index is 1560. The summed E-state index contributed by atoms with van der Waals surface area (Å²) in [6.45, 7) is 2.63. The Morgan fingerprint density at radius 3 is 2.82 bits per heavy atom. The van der Waals surface area contributed by atoms with Crippen molar-refractivity contribution in [3.8, 4) is 11.4 Å². The van der Waals surface area contributed by atoms with Gasteiger partial charge in [-0.2, -0.15) is 5.10 Å². The number of hydrogen-bond donors (Lipinski definition) is 1. The van der Waals surface area contributed by atoms with Crippen molar-refractivity contribution in [3.63, 3.8) is 0 Å². The maximum absolute atomic E-state index is 13.2. The Labute approximate surface area is 196 Å². The number of carbonyl (C=O) groups is 1. The first-order chi connectivity index (χ1) is 16.5. The summed E-state index contributed by atoms with van der Waals surface area (Å²) in [4.78, 5) is 34.1. The second kappa shape index (κ2) is 9.02. The summed E-state index contributed by atoms with van der Waals surface area (Å²) in [7, 11) is 0. The number of nitrogens with one attached hydrogen (secondary N) is 1. The lowest BCUT2D eigenvalue weighted by Gasteiger charge is -2.06. The van der Waals surface area contributed by atoms with Gasteiger partial charge in [0.25, 0.3) is 5.56 Å². The van der Waals surface area contributed by atoms with Crippen LogP contribution in [0, 0.1) is 5.82 Å². The van der Waals surface area contributed by atoms with Gasteiger partial charge in [0, 0.05) is 13.0 Å². The molecule has 9 nitrogen and oxygen atoms in total. The number of halogens is 1. The summed E-state index contributed by atoms with van der Waals surface area (Å²) in [6, 6.07) is 11.3. The van der Waals surface area contributed by atoms with Gasteiger partial charge in [0.15, 0.2) is 10.8 Å². The number of hydrogen-bond acceptors (Lipinski definition) is 7. The zero-order chi connectivity index (χ0) is 23.7. The van der Waals surface area contributed by atoms with Crippen molar-refractivity contribution in [1.82, 2.24) is 24.3 Å². The molecular formula is C23H19FN6O3S. The van der Waals surface area contributed by atoms with Crippen molar-refractivity contribution in [1.29, 1.82) is 0 Å². The third-order valence-corrected chi connectivity index (χ3v) is 6.06. The standard InChI is InChI=1S/C23H19FN6O3S/c1-2-33-16-7-8-18-19(11-16)34-23(27-18)28-20(31)9-10-29-13-25-21-17(22(29)32)12-26-30(21)15-5-3-14(24)4-6-15/h3-8,11-13H,2,9-10H2,1H3,(H,27,28,31). The summed E-state index contributed by atoms with van der Waals surface area (Å²) < 4.78 is 22.4. The topological polar surface area (TPSA) is 104 Å². The van der Waals surface area contributed by atoms with Crippen LogP contribution in [0.2, 0.25) is 0 Å². The molecule has 34 heavy (non-hydrogen) atoms. The van der Waals surface area contributed by atoms with Gasteiger partial charge in [0.1, 0.15) is 17.0 Å². The summed E-state index contributed by atoms with van der Waals surface area (Å²) in [5.41, 5.74) is 1.41. The van der Waals surface area contributed by atoms with E-state index < -0.39 is 0 Å². The highest BCUT2D eigenvalue weighted by molar-refractivity contribution is 7.22. The number of amides is 1. The van der Waals surface area contributed by atoms with Gasteiger partial charge in [-0.15, -0.1) is 0 Å². The highest BCUT2D eigenvalue weighted by atomic mass is 32.1. The zero-order valence-electron chi connectivity index (χ0n) is 18.1. The number of aromatic nitrogens is 5. The van der Waals surface area contributed by atoms with E-state index >= 15 is 0 Å². The van der Waals surface area contributed by atoms with E-state index in [4.69, 9.17) is 4.74 Å². The Kier molecular flexibility index (Phi) is 5.76. The van der Waals surface area contributed by atoms with Crippen LogP contribution in [0.25, 0.3) is 26.9 Å². The molecule has 5 rings (SSSR count). The SMILES string of the molecule is CCOc1ccc2nc(NC(=O)CCn3cnc4c(cnn4-c4ccc(F)cc4)c3=O)sc2c1. The van der Waals surface area contributed by atoms with Crippen molar-refractivity contribution in [2.45, 2.75) is 19.9 Å². The van der Waals surface area contributed by atoms with Crippen LogP contribution >= 0.6 is 11.3 Å². The Balaban J connectivity index is 1.28.